The van der Waals surface area contributed by atoms with E-state index in [2.05, 4.69) is 10.7 Å². The van der Waals surface area contributed by atoms with Gasteiger partial charge in [-0.2, -0.15) is 10.5 Å². The highest BCUT2D eigenvalue weighted by Crippen LogP contribution is 2.04. The van der Waals surface area contributed by atoms with Crippen molar-refractivity contribution in [1.29, 1.82) is 0 Å². The quantitative estimate of drug-likeness (QED) is 0.357. The molecule has 0 amide bonds. The van der Waals surface area contributed by atoms with Gasteiger partial charge in [-0.05, 0) is 6.92 Å². The van der Waals surface area contributed by atoms with Crippen molar-refractivity contribution in [3.8, 4) is 0 Å². The first kappa shape index (κ1) is 3.55. The Kier molecular flexibility index (Phi) is 0.537. The van der Waals surface area contributed by atoms with Crippen LogP contribution in [0.25, 0.3) is 0 Å². The van der Waals surface area contributed by atoms with Crippen LogP contribution in [0.5, 0.6) is 0 Å². The lowest BCUT2D eigenvalue weighted by Crippen LogP contribution is -1.83. The van der Waals surface area contributed by atoms with E-state index in [1.54, 1.807) is 0 Å². The van der Waals surface area contributed by atoms with Crippen molar-refractivity contribution in [3.63, 3.8) is 0 Å². The topological polar surface area (TPSA) is 54.4 Å². The summed E-state index contributed by atoms with van der Waals surface area (Å²) in [6.45, 7) is 1.85. The molecule has 1 fully saturated rings. The van der Waals surface area contributed by atoms with Crippen molar-refractivity contribution in [3.05, 3.63) is 4.91 Å². The fraction of sp³-hybridized carbons (Fsp3) is 1.00. The van der Waals surface area contributed by atoms with Gasteiger partial charge in [0, 0.05) is 0 Å². The Bertz CT molecular complexity index is 73.2. The molecule has 0 bridgehead atoms. The Morgan fingerprint density at radius 3 is 2.50 bits per heavy atom. The largest absolute Gasteiger partial charge is 0.188 e. The van der Waals surface area contributed by atoms with Crippen LogP contribution in [0.2, 0.25) is 0 Å². The predicted molar refractivity (Wildman–Crippen MR) is 20.2 cm³/mol. The highest BCUT2D eigenvalue weighted by atomic mass is 16.3. The molecule has 0 aromatic rings. The van der Waals surface area contributed by atoms with E-state index in [0.29, 0.717) is 0 Å². The van der Waals surface area contributed by atoms with Crippen LogP contribution in [-0.4, -0.2) is 11.3 Å². The second-order valence-electron chi connectivity index (χ2n) is 1.23. The maximum Gasteiger partial charge on any atom is 0.133 e. The summed E-state index contributed by atoms with van der Waals surface area (Å²) < 4.78 is 0. The van der Waals surface area contributed by atoms with Crippen molar-refractivity contribution in [1.82, 2.24) is 10.5 Å². The first-order chi connectivity index (χ1) is 2.84. The van der Waals surface area contributed by atoms with Crippen LogP contribution in [0.4, 0.5) is 0 Å². The molecular formula is C2H5N3O. The van der Waals surface area contributed by atoms with Crippen LogP contribution in [0.15, 0.2) is 5.29 Å². The van der Waals surface area contributed by atoms with Crippen LogP contribution in [0.1, 0.15) is 6.92 Å². The summed E-state index contributed by atoms with van der Waals surface area (Å²) in [5.41, 5.74) is 2.64. The molecule has 1 unspecified atom stereocenters. The van der Waals surface area contributed by atoms with Crippen molar-refractivity contribution >= 4 is 0 Å². The molecule has 0 spiro atoms. The van der Waals surface area contributed by atoms with E-state index >= 15 is 0 Å². The third-order valence-electron chi connectivity index (χ3n) is 0.706. The van der Waals surface area contributed by atoms with Gasteiger partial charge >= 0.3 is 0 Å². The molecule has 4 heteroatoms. The molecule has 1 aliphatic rings. The zero-order valence-corrected chi connectivity index (χ0v) is 3.38. The molecule has 1 heterocycles. The van der Waals surface area contributed by atoms with Gasteiger partial charge in [-0.25, -0.2) is 0 Å². The number of hydrazine groups is 1. The Morgan fingerprint density at radius 1 is 2.00 bits per heavy atom. The molecule has 0 radical (unpaired) electrons. The van der Waals surface area contributed by atoms with Crippen LogP contribution >= 0.6 is 0 Å². The number of hydrogen-bond acceptors (Lipinski definition) is 3. The molecule has 6 heavy (non-hydrogen) atoms. The average molecular weight is 87.1 g/mol. The van der Waals surface area contributed by atoms with Gasteiger partial charge in [-0.15, -0.1) is 4.91 Å². The Balaban J connectivity index is 2.25. The van der Waals surface area contributed by atoms with Crippen LogP contribution in [0.3, 0.4) is 0 Å². The van der Waals surface area contributed by atoms with Gasteiger partial charge in [0.25, 0.3) is 0 Å². The van der Waals surface area contributed by atoms with E-state index in [0.717, 1.165) is 0 Å². The lowest BCUT2D eigenvalue weighted by molar-refractivity contribution is 0.518. The number of nitroso groups, excluding NO2 is 1. The minimum Gasteiger partial charge on any atom is -0.188 e. The molecule has 4 nitrogen and oxygen atoms in total. The van der Waals surface area contributed by atoms with E-state index in [1.165, 1.54) is 5.12 Å². The summed E-state index contributed by atoms with van der Waals surface area (Å²) in [6, 6.07) is 0. The Morgan fingerprint density at radius 2 is 2.50 bits per heavy atom. The third kappa shape index (κ3) is 0.345. The van der Waals surface area contributed by atoms with Gasteiger partial charge in [0.2, 0.25) is 0 Å². The van der Waals surface area contributed by atoms with Crippen LogP contribution in [0, 0.1) is 4.91 Å². The summed E-state index contributed by atoms with van der Waals surface area (Å²) in [4.78, 5) is 9.39. The summed E-state index contributed by atoms with van der Waals surface area (Å²) in [6.07, 6.45) is 0.169. The summed E-state index contributed by atoms with van der Waals surface area (Å²) in [5, 5.41) is 3.79. The van der Waals surface area contributed by atoms with E-state index in [-0.39, 0.29) is 6.17 Å². The molecule has 1 atom stereocenters. The van der Waals surface area contributed by atoms with Gasteiger partial charge < -0.3 is 0 Å². The van der Waals surface area contributed by atoms with Gasteiger partial charge in [-0.1, -0.05) is 0 Å². The molecule has 0 saturated carbocycles. The minimum atomic E-state index is 0.169. The highest BCUT2D eigenvalue weighted by molar-refractivity contribution is 4.66. The fourth-order valence-electron chi connectivity index (χ4n) is 0.252. The molecule has 1 N–H and O–H groups in total. The van der Waals surface area contributed by atoms with Gasteiger partial charge in [-0.3, -0.25) is 0 Å². The first-order valence-corrected chi connectivity index (χ1v) is 1.73. The molecule has 0 aromatic carbocycles. The third-order valence-corrected chi connectivity index (χ3v) is 0.706. The number of nitrogens with zero attached hydrogens (tertiary/aromatic N) is 2. The average Bonchev–Trinajstić information content (AvgIpc) is 2.19. The maximum atomic E-state index is 9.39. The maximum absolute atomic E-state index is 9.39. The lowest BCUT2D eigenvalue weighted by Gasteiger charge is -1.71. The fourth-order valence-corrected chi connectivity index (χ4v) is 0.252. The molecule has 1 saturated heterocycles. The lowest BCUT2D eigenvalue weighted by atomic mass is 10.7. The van der Waals surface area contributed by atoms with Crippen molar-refractivity contribution in [2.75, 3.05) is 0 Å². The first-order valence-electron chi connectivity index (χ1n) is 1.73. The smallest absolute Gasteiger partial charge is 0.133 e. The molecule has 0 aliphatic carbocycles. The van der Waals surface area contributed by atoms with Gasteiger partial charge in [0.1, 0.15) is 6.17 Å². The number of nitrogens with one attached hydrogen (secondary N) is 1. The van der Waals surface area contributed by atoms with Crippen LogP contribution in [-0.2, 0) is 0 Å². The number of rotatable bonds is 1. The second-order valence-corrected chi connectivity index (χ2v) is 1.23. The zero-order valence-electron chi connectivity index (χ0n) is 3.38. The molecular weight excluding hydrogens is 82.0 g/mol. The van der Waals surface area contributed by atoms with Gasteiger partial charge in [0.05, 0.1) is 5.29 Å². The van der Waals surface area contributed by atoms with E-state index < -0.39 is 0 Å². The number of hydrogen-bond donors (Lipinski definition) is 1. The summed E-state index contributed by atoms with van der Waals surface area (Å²) in [7, 11) is 0. The molecule has 1 rings (SSSR count). The Labute approximate surface area is 35.0 Å². The molecule has 1 aliphatic heterocycles. The summed E-state index contributed by atoms with van der Waals surface area (Å²) in [5.74, 6) is 0. The predicted octanol–water partition coefficient (Wildman–Crippen LogP) is -0.166. The second kappa shape index (κ2) is 0.909. The standard InChI is InChI=1S/C2H5N3O/c1-2-3-5(2)4-6/h2-3H,1H3. The van der Waals surface area contributed by atoms with Crippen molar-refractivity contribution in [2.45, 2.75) is 13.1 Å². The van der Waals surface area contributed by atoms with E-state index in [1.807, 2.05) is 6.92 Å². The molecule has 34 valence electrons. The Hall–Kier alpha value is -0.640. The van der Waals surface area contributed by atoms with Crippen LogP contribution < -0.4 is 5.43 Å². The highest BCUT2D eigenvalue weighted by Gasteiger charge is 2.27. The normalized spacial score (nSPS) is 30.2. The monoisotopic (exact) mass is 87.0 g/mol. The van der Waals surface area contributed by atoms with E-state index in [4.69, 9.17) is 0 Å². The van der Waals surface area contributed by atoms with E-state index in [9.17, 15) is 4.91 Å². The van der Waals surface area contributed by atoms with Crippen molar-refractivity contribution in [2.24, 2.45) is 5.29 Å². The summed E-state index contributed by atoms with van der Waals surface area (Å²) >= 11 is 0. The molecule has 0 aromatic heterocycles. The zero-order chi connectivity index (χ0) is 4.57. The minimum absolute atomic E-state index is 0.169. The van der Waals surface area contributed by atoms with Crippen molar-refractivity contribution < 1.29 is 0 Å². The van der Waals surface area contributed by atoms with Gasteiger partial charge in [0.15, 0.2) is 0 Å². The SMILES string of the molecule is CC1NN1N=O.